The molecule has 3 aromatic rings. The number of rotatable bonds is 5. The summed E-state index contributed by atoms with van der Waals surface area (Å²) in [5, 5.41) is 7.54. The quantitative estimate of drug-likeness (QED) is 0.566. The van der Waals surface area contributed by atoms with Crippen LogP contribution in [-0.4, -0.2) is 42.3 Å². The zero-order valence-electron chi connectivity index (χ0n) is 15.8. The fraction of sp³-hybridized carbons (Fsp3) is 0.208. The van der Waals surface area contributed by atoms with Gasteiger partial charge in [-0.15, -0.1) is 0 Å². The van der Waals surface area contributed by atoms with Gasteiger partial charge in [0.15, 0.2) is 0 Å². The molecule has 1 saturated heterocycles. The molecule has 0 amide bonds. The molecule has 0 bridgehead atoms. The van der Waals surface area contributed by atoms with E-state index in [4.69, 9.17) is 11.6 Å². The predicted molar refractivity (Wildman–Crippen MR) is 117 cm³/mol. The van der Waals surface area contributed by atoms with Crippen LogP contribution in [0.1, 0.15) is 22.7 Å². The van der Waals surface area contributed by atoms with Crippen LogP contribution in [-0.2, 0) is 0 Å². The molecule has 0 atom stereocenters. The number of nitrogens with zero attached hydrogens (tertiary/aromatic N) is 3. The predicted octanol–water partition coefficient (Wildman–Crippen LogP) is 5.08. The van der Waals surface area contributed by atoms with E-state index in [9.17, 15) is 0 Å². The second-order valence-corrected chi connectivity index (χ2v) is 7.45. The van der Waals surface area contributed by atoms with Gasteiger partial charge in [-0.2, -0.15) is 5.10 Å². The van der Waals surface area contributed by atoms with Crippen LogP contribution in [0.2, 0.25) is 5.02 Å². The Hall–Kier alpha value is -2.62. The number of halogens is 1. The average Bonchev–Trinajstić information content (AvgIpc) is 2.75. The number of benzene rings is 3. The summed E-state index contributed by atoms with van der Waals surface area (Å²) >= 11 is 6.05. The Morgan fingerprint density at radius 2 is 1.36 bits per heavy atom. The summed E-state index contributed by atoms with van der Waals surface area (Å²) in [6.45, 7) is 3.77. The normalized spacial score (nSPS) is 15.4. The molecular formula is C24H24ClN3. The summed E-state index contributed by atoms with van der Waals surface area (Å²) < 4.78 is 0. The van der Waals surface area contributed by atoms with Crippen LogP contribution in [0.15, 0.2) is 90.0 Å². The second kappa shape index (κ2) is 9.05. The summed E-state index contributed by atoms with van der Waals surface area (Å²) in [6.07, 6.45) is 1.90. The molecule has 1 aliphatic heterocycles. The summed E-state index contributed by atoms with van der Waals surface area (Å²) in [4.78, 5) is 2.55. The molecule has 1 heterocycles. The minimum Gasteiger partial charge on any atom is -0.294 e. The molecule has 0 spiro atoms. The van der Waals surface area contributed by atoms with E-state index < -0.39 is 0 Å². The van der Waals surface area contributed by atoms with Crippen LogP contribution in [0.3, 0.4) is 0 Å². The Kier molecular flexibility index (Phi) is 6.05. The van der Waals surface area contributed by atoms with Gasteiger partial charge in [0, 0.05) is 31.2 Å². The van der Waals surface area contributed by atoms with Gasteiger partial charge in [0.05, 0.1) is 12.3 Å². The monoisotopic (exact) mass is 389 g/mol. The van der Waals surface area contributed by atoms with Crippen molar-refractivity contribution < 1.29 is 0 Å². The molecule has 1 aliphatic rings. The lowest BCUT2D eigenvalue weighted by Crippen LogP contribution is -2.45. The van der Waals surface area contributed by atoms with Crippen LogP contribution >= 0.6 is 11.6 Å². The van der Waals surface area contributed by atoms with Crippen LogP contribution in [0, 0.1) is 0 Å². The maximum atomic E-state index is 6.05. The highest BCUT2D eigenvalue weighted by molar-refractivity contribution is 6.30. The summed E-state index contributed by atoms with van der Waals surface area (Å²) in [5.41, 5.74) is 3.70. The van der Waals surface area contributed by atoms with E-state index >= 15 is 0 Å². The Balaban J connectivity index is 1.46. The van der Waals surface area contributed by atoms with Crippen molar-refractivity contribution in [1.29, 1.82) is 0 Å². The third-order valence-electron chi connectivity index (χ3n) is 5.11. The van der Waals surface area contributed by atoms with Gasteiger partial charge in [-0.3, -0.25) is 9.91 Å². The van der Waals surface area contributed by atoms with E-state index in [0.717, 1.165) is 36.8 Å². The molecule has 0 radical (unpaired) electrons. The highest BCUT2D eigenvalue weighted by atomic mass is 35.5. The number of piperazine rings is 1. The average molecular weight is 390 g/mol. The van der Waals surface area contributed by atoms with Gasteiger partial charge < -0.3 is 0 Å². The molecule has 3 aromatic carbocycles. The van der Waals surface area contributed by atoms with Crippen LogP contribution in [0.4, 0.5) is 0 Å². The van der Waals surface area contributed by atoms with Gasteiger partial charge in [0.25, 0.3) is 0 Å². The van der Waals surface area contributed by atoms with Crippen LogP contribution < -0.4 is 0 Å². The standard InChI is InChI=1S/C24H24ClN3/c25-23-13-7-8-20(18-23)19-26-28-16-14-27(15-17-28)24(21-9-3-1-4-10-21)22-11-5-2-6-12-22/h1-13,18-19,24H,14-17H2/b26-19+. The van der Waals surface area contributed by atoms with Crippen molar-refractivity contribution in [2.45, 2.75) is 6.04 Å². The van der Waals surface area contributed by atoms with Crippen molar-refractivity contribution in [3.05, 3.63) is 107 Å². The van der Waals surface area contributed by atoms with E-state index in [0.29, 0.717) is 0 Å². The number of hydrogen-bond donors (Lipinski definition) is 0. The van der Waals surface area contributed by atoms with Crippen LogP contribution in [0.5, 0.6) is 0 Å². The summed E-state index contributed by atoms with van der Waals surface area (Å²) in [5.74, 6) is 0. The lowest BCUT2D eigenvalue weighted by atomic mass is 9.96. The summed E-state index contributed by atoms with van der Waals surface area (Å²) in [6, 6.07) is 29.6. The Morgan fingerprint density at radius 3 is 1.93 bits per heavy atom. The molecule has 1 fully saturated rings. The first kappa shape index (κ1) is 18.7. The van der Waals surface area contributed by atoms with Crippen molar-refractivity contribution in [2.24, 2.45) is 5.10 Å². The fourth-order valence-electron chi connectivity index (χ4n) is 3.70. The molecular weight excluding hydrogens is 366 g/mol. The fourth-order valence-corrected chi connectivity index (χ4v) is 3.90. The minimum absolute atomic E-state index is 0.279. The lowest BCUT2D eigenvalue weighted by Gasteiger charge is -2.38. The summed E-state index contributed by atoms with van der Waals surface area (Å²) in [7, 11) is 0. The Bertz CT molecular complexity index is 864. The molecule has 3 nitrogen and oxygen atoms in total. The van der Waals surface area contributed by atoms with E-state index in [1.165, 1.54) is 11.1 Å². The molecule has 142 valence electrons. The van der Waals surface area contributed by atoms with Crippen LogP contribution in [0.25, 0.3) is 0 Å². The SMILES string of the molecule is Clc1cccc(/C=N/N2CCN(C(c3ccccc3)c3ccccc3)CC2)c1. The molecule has 4 heteroatoms. The lowest BCUT2D eigenvalue weighted by molar-refractivity contribution is 0.113. The first-order chi connectivity index (χ1) is 13.8. The molecule has 0 unspecified atom stereocenters. The van der Waals surface area contributed by atoms with Gasteiger partial charge in [-0.1, -0.05) is 84.4 Å². The largest absolute Gasteiger partial charge is 0.294 e. The van der Waals surface area contributed by atoms with E-state index in [-0.39, 0.29) is 6.04 Å². The van der Waals surface area contributed by atoms with Gasteiger partial charge in [0.1, 0.15) is 0 Å². The van der Waals surface area contributed by atoms with Crippen molar-refractivity contribution in [3.63, 3.8) is 0 Å². The maximum Gasteiger partial charge on any atom is 0.0603 e. The zero-order chi connectivity index (χ0) is 19.2. The minimum atomic E-state index is 0.279. The topological polar surface area (TPSA) is 18.8 Å². The van der Waals surface area contributed by atoms with Crippen molar-refractivity contribution >= 4 is 17.8 Å². The third-order valence-corrected chi connectivity index (χ3v) is 5.34. The van der Waals surface area contributed by atoms with Gasteiger partial charge in [-0.25, -0.2) is 0 Å². The third kappa shape index (κ3) is 4.61. The Labute approximate surface area is 171 Å². The van der Waals surface area contributed by atoms with Gasteiger partial charge in [-0.05, 0) is 28.8 Å². The number of hydrazone groups is 1. The first-order valence-electron chi connectivity index (χ1n) is 9.68. The second-order valence-electron chi connectivity index (χ2n) is 7.01. The molecule has 0 saturated carbocycles. The molecule has 28 heavy (non-hydrogen) atoms. The van der Waals surface area contributed by atoms with E-state index in [1.54, 1.807) is 0 Å². The van der Waals surface area contributed by atoms with E-state index in [2.05, 4.69) is 75.7 Å². The molecule has 0 aliphatic carbocycles. The van der Waals surface area contributed by atoms with E-state index in [1.807, 2.05) is 30.5 Å². The zero-order valence-corrected chi connectivity index (χ0v) is 16.5. The van der Waals surface area contributed by atoms with Crippen molar-refractivity contribution in [3.8, 4) is 0 Å². The van der Waals surface area contributed by atoms with Crippen molar-refractivity contribution in [2.75, 3.05) is 26.2 Å². The highest BCUT2D eigenvalue weighted by Crippen LogP contribution is 2.29. The van der Waals surface area contributed by atoms with Gasteiger partial charge in [0.2, 0.25) is 0 Å². The Morgan fingerprint density at radius 1 is 0.750 bits per heavy atom. The maximum absolute atomic E-state index is 6.05. The molecule has 0 aromatic heterocycles. The smallest absolute Gasteiger partial charge is 0.0603 e. The molecule has 4 rings (SSSR count). The highest BCUT2D eigenvalue weighted by Gasteiger charge is 2.25. The van der Waals surface area contributed by atoms with Gasteiger partial charge >= 0.3 is 0 Å². The first-order valence-corrected chi connectivity index (χ1v) is 10.1. The van der Waals surface area contributed by atoms with Crippen molar-refractivity contribution in [1.82, 2.24) is 9.91 Å². The number of hydrogen-bond acceptors (Lipinski definition) is 3. The molecule has 0 N–H and O–H groups in total.